The molecule has 0 N–H and O–H groups in total. The Labute approximate surface area is 196 Å². The number of non-ortho nitro benzene ring substituents is 1. The smallest absolute Gasteiger partial charge is 0.270 e. The lowest BCUT2D eigenvalue weighted by molar-refractivity contribution is -0.385. The van der Waals surface area contributed by atoms with Crippen molar-refractivity contribution < 1.29 is 13.3 Å². The monoisotopic (exact) mass is 487 g/mol. The Bertz CT molecular complexity index is 1310. The minimum Gasteiger partial charge on any atom is -0.352 e. The number of aromatic nitrogens is 2. The van der Waals surface area contributed by atoms with Crippen molar-refractivity contribution in [3.63, 3.8) is 0 Å². The van der Waals surface area contributed by atoms with Crippen LogP contribution in [0.3, 0.4) is 0 Å². The van der Waals surface area contributed by atoms with Gasteiger partial charge in [0, 0.05) is 43.9 Å². The largest absolute Gasteiger partial charge is 0.352 e. The summed E-state index contributed by atoms with van der Waals surface area (Å²) in [5.41, 5.74) is 3.82. The number of nitro groups is 1. The number of sulfonamides is 1. The molecule has 11 heteroatoms. The van der Waals surface area contributed by atoms with Gasteiger partial charge in [0.25, 0.3) is 5.69 Å². The maximum absolute atomic E-state index is 13.1. The predicted octanol–water partition coefficient (Wildman–Crippen LogP) is 3.83. The molecule has 2 heterocycles. The average Bonchev–Trinajstić information content (AvgIpc) is 2.81. The average molecular weight is 488 g/mol. The first-order valence-electron chi connectivity index (χ1n) is 10.3. The molecule has 1 aromatic heterocycles. The number of aryl methyl sites for hydroxylation is 2. The molecule has 4 rings (SSSR count). The fourth-order valence-corrected chi connectivity index (χ4v) is 5.56. The van der Waals surface area contributed by atoms with E-state index in [0.29, 0.717) is 18.9 Å². The summed E-state index contributed by atoms with van der Waals surface area (Å²) >= 11 is 6.06. The summed E-state index contributed by atoms with van der Waals surface area (Å²) in [4.78, 5) is 12.1. The molecule has 33 heavy (non-hydrogen) atoms. The Morgan fingerprint density at radius 2 is 1.67 bits per heavy atom. The number of anilines is 1. The Morgan fingerprint density at radius 3 is 2.27 bits per heavy atom. The number of nitrogens with zero attached hydrogens (tertiary/aromatic N) is 5. The van der Waals surface area contributed by atoms with E-state index in [0.717, 1.165) is 17.3 Å². The molecule has 0 unspecified atom stereocenters. The van der Waals surface area contributed by atoms with Crippen molar-refractivity contribution in [2.45, 2.75) is 18.7 Å². The third-order valence-electron chi connectivity index (χ3n) is 5.76. The molecule has 1 aliphatic heterocycles. The molecule has 9 nitrogen and oxygen atoms in total. The summed E-state index contributed by atoms with van der Waals surface area (Å²) in [5, 5.41) is 19.7. The van der Waals surface area contributed by atoms with Gasteiger partial charge >= 0.3 is 0 Å². The maximum Gasteiger partial charge on any atom is 0.270 e. The first-order valence-corrected chi connectivity index (χ1v) is 12.1. The van der Waals surface area contributed by atoms with E-state index in [1.807, 2.05) is 29.2 Å². The van der Waals surface area contributed by atoms with Crippen molar-refractivity contribution in [1.29, 1.82) is 0 Å². The quantitative estimate of drug-likeness (QED) is 0.397. The Kier molecular flexibility index (Phi) is 6.33. The van der Waals surface area contributed by atoms with E-state index in [4.69, 9.17) is 11.6 Å². The highest BCUT2D eigenvalue weighted by Gasteiger charge is 2.31. The number of nitro benzene ring substituents is 1. The van der Waals surface area contributed by atoms with Crippen molar-refractivity contribution in [2.75, 3.05) is 31.1 Å². The van der Waals surface area contributed by atoms with E-state index < -0.39 is 14.9 Å². The molecule has 1 fully saturated rings. The second kappa shape index (κ2) is 9.05. The van der Waals surface area contributed by atoms with Gasteiger partial charge in [-0.3, -0.25) is 10.1 Å². The van der Waals surface area contributed by atoms with Crippen molar-refractivity contribution >= 4 is 33.1 Å². The van der Waals surface area contributed by atoms with Gasteiger partial charge in [0.1, 0.15) is 4.90 Å². The Morgan fingerprint density at radius 1 is 0.939 bits per heavy atom. The lowest BCUT2D eigenvalue weighted by Gasteiger charge is -2.34. The van der Waals surface area contributed by atoms with Crippen LogP contribution < -0.4 is 4.90 Å². The lowest BCUT2D eigenvalue weighted by Crippen LogP contribution is -2.49. The normalized spacial score (nSPS) is 14.9. The van der Waals surface area contributed by atoms with Crippen LogP contribution in [0.25, 0.3) is 11.3 Å². The molecule has 0 atom stereocenters. The van der Waals surface area contributed by atoms with Gasteiger partial charge in [-0.25, -0.2) is 8.42 Å². The van der Waals surface area contributed by atoms with Crippen molar-refractivity contribution in [3.05, 3.63) is 74.8 Å². The van der Waals surface area contributed by atoms with E-state index in [9.17, 15) is 18.5 Å². The summed E-state index contributed by atoms with van der Waals surface area (Å²) in [6.45, 7) is 5.31. The van der Waals surface area contributed by atoms with Crippen LogP contribution in [0.5, 0.6) is 0 Å². The minimum atomic E-state index is -3.97. The van der Waals surface area contributed by atoms with Gasteiger partial charge in [0.2, 0.25) is 10.0 Å². The topological polar surface area (TPSA) is 110 Å². The van der Waals surface area contributed by atoms with Gasteiger partial charge in [0.05, 0.1) is 15.6 Å². The number of hydrogen-bond acceptors (Lipinski definition) is 7. The number of piperazine rings is 1. The van der Waals surface area contributed by atoms with Gasteiger partial charge in [-0.15, -0.1) is 10.2 Å². The first kappa shape index (κ1) is 23.1. The first-order chi connectivity index (χ1) is 15.7. The van der Waals surface area contributed by atoms with Gasteiger partial charge in [-0.1, -0.05) is 23.7 Å². The van der Waals surface area contributed by atoms with E-state index in [2.05, 4.69) is 30.1 Å². The van der Waals surface area contributed by atoms with Crippen molar-refractivity contribution in [2.24, 2.45) is 0 Å². The van der Waals surface area contributed by atoms with Gasteiger partial charge in [-0.05, 0) is 49.2 Å². The number of hydrogen-bond donors (Lipinski definition) is 0. The molecule has 2 aromatic carbocycles. The molecular weight excluding hydrogens is 466 g/mol. The number of benzene rings is 2. The standard InChI is InChI=1S/C22H22ClN5O4S/c1-15-3-4-17(13-16(15)2)20-7-8-22(25-24-20)26-9-11-27(12-10-26)33(31,32)21-14-18(28(29)30)5-6-19(21)23/h3-8,13-14H,9-12H2,1-2H3. The Balaban J connectivity index is 1.47. The van der Waals surface area contributed by atoms with Crippen LogP contribution in [-0.2, 0) is 10.0 Å². The SMILES string of the molecule is Cc1ccc(-c2ccc(N3CCN(S(=O)(=O)c4cc([N+](=O)[O-])ccc4Cl)CC3)nn2)cc1C. The zero-order chi connectivity index (χ0) is 23.8. The highest BCUT2D eigenvalue weighted by atomic mass is 35.5. The highest BCUT2D eigenvalue weighted by molar-refractivity contribution is 7.89. The van der Waals surface area contributed by atoms with E-state index in [-0.39, 0.29) is 28.7 Å². The third-order valence-corrected chi connectivity index (χ3v) is 8.14. The van der Waals surface area contributed by atoms with Crippen LogP contribution in [0.4, 0.5) is 11.5 Å². The second-order valence-electron chi connectivity index (χ2n) is 7.84. The number of halogens is 1. The maximum atomic E-state index is 13.1. The summed E-state index contributed by atoms with van der Waals surface area (Å²) < 4.78 is 27.4. The summed E-state index contributed by atoms with van der Waals surface area (Å²) in [5.74, 6) is 0.660. The summed E-state index contributed by atoms with van der Waals surface area (Å²) in [6.07, 6.45) is 0. The fourth-order valence-electron chi connectivity index (χ4n) is 3.65. The molecule has 0 bridgehead atoms. The molecule has 172 valence electrons. The molecule has 1 aliphatic rings. The van der Waals surface area contributed by atoms with Crippen LogP contribution >= 0.6 is 11.6 Å². The van der Waals surface area contributed by atoms with Gasteiger partial charge in [0.15, 0.2) is 5.82 Å². The zero-order valence-corrected chi connectivity index (χ0v) is 19.7. The molecular formula is C22H22ClN5O4S. The Hall–Kier alpha value is -3.08. The third kappa shape index (κ3) is 4.68. The van der Waals surface area contributed by atoms with Crippen molar-refractivity contribution in [1.82, 2.24) is 14.5 Å². The molecule has 0 amide bonds. The van der Waals surface area contributed by atoms with E-state index >= 15 is 0 Å². The van der Waals surface area contributed by atoms with Gasteiger partial charge in [-0.2, -0.15) is 4.31 Å². The molecule has 0 radical (unpaired) electrons. The van der Waals surface area contributed by atoms with Crippen LogP contribution in [0.1, 0.15) is 11.1 Å². The zero-order valence-electron chi connectivity index (χ0n) is 18.1. The lowest BCUT2D eigenvalue weighted by atomic mass is 10.0. The van der Waals surface area contributed by atoms with Crippen molar-refractivity contribution in [3.8, 4) is 11.3 Å². The summed E-state index contributed by atoms with van der Waals surface area (Å²) in [6, 6.07) is 13.3. The van der Waals surface area contributed by atoms with Crippen LogP contribution in [0.15, 0.2) is 53.4 Å². The molecule has 1 saturated heterocycles. The van der Waals surface area contributed by atoms with Gasteiger partial charge < -0.3 is 4.90 Å². The highest BCUT2D eigenvalue weighted by Crippen LogP contribution is 2.30. The predicted molar refractivity (Wildman–Crippen MR) is 126 cm³/mol. The van der Waals surface area contributed by atoms with Crippen LogP contribution in [0.2, 0.25) is 5.02 Å². The molecule has 0 saturated carbocycles. The fraction of sp³-hybridized carbons (Fsp3) is 0.273. The summed E-state index contributed by atoms with van der Waals surface area (Å²) in [7, 11) is -3.97. The van der Waals surface area contributed by atoms with E-state index in [1.54, 1.807) is 0 Å². The molecule has 3 aromatic rings. The minimum absolute atomic E-state index is 0.0455. The molecule has 0 aliphatic carbocycles. The van der Waals surface area contributed by atoms with E-state index in [1.165, 1.54) is 27.6 Å². The molecule has 0 spiro atoms. The van der Waals surface area contributed by atoms with Crippen LogP contribution in [-0.4, -0.2) is 54.0 Å². The number of rotatable bonds is 5. The van der Waals surface area contributed by atoms with Crippen LogP contribution in [0, 0.1) is 24.0 Å². The second-order valence-corrected chi connectivity index (χ2v) is 10.2.